The van der Waals surface area contributed by atoms with Crippen molar-refractivity contribution < 1.29 is 37.7 Å². The SMILES string of the molecule is C[C@@H]1CCCCO[C@H](CN(C)Cc2ccc(C(=O)O)cc2)[C@H](C)CN([C@H](C)CO)C(=O)c2cc(NS(=O)(=O)c3cccs3)ccc2O1. The van der Waals surface area contributed by atoms with Crippen LogP contribution >= 0.6 is 11.3 Å². The van der Waals surface area contributed by atoms with Crippen molar-refractivity contribution in [2.45, 2.75) is 69.0 Å². The van der Waals surface area contributed by atoms with Crippen LogP contribution in [0.5, 0.6) is 5.75 Å². The molecule has 0 bridgehead atoms. The lowest BCUT2D eigenvalue weighted by molar-refractivity contribution is -0.0177. The Morgan fingerprint density at radius 1 is 1.15 bits per heavy atom. The Balaban J connectivity index is 1.61. The summed E-state index contributed by atoms with van der Waals surface area (Å²) in [4.78, 5) is 29.3. The van der Waals surface area contributed by atoms with Crippen molar-refractivity contribution in [3.63, 3.8) is 0 Å². The number of hydrogen-bond acceptors (Lipinski definition) is 9. The van der Waals surface area contributed by atoms with E-state index in [1.807, 2.05) is 20.9 Å². The van der Waals surface area contributed by atoms with Crippen LogP contribution in [0.1, 0.15) is 66.3 Å². The van der Waals surface area contributed by atoms with Gasteiger partial charge in [0, 0.05) is 37.8 Å². The molecular weight excluding hydrogens is 643 g/mol. The van der Waals surface area contributed by atoms with E-state index in [-0.39, 0.29) is 58.2 Å². The lowest BCUT2D eigenvalue weighted by Crippen LogP contribution is -2.47. The molecule has 0 aliphatic carbocycles. The number of hydrogen-bond donors (Lipinski definition) is 3. The first kappa shape index (κ1) is 36.3. The molecule has 13 heteroatoms. The number of nitrogens with one attached hydrogen (secondary N) is 1. The molecule has 1 aliphatic rings. The third-order valence-electron chi connectivity index (χ3n) is 8.21. The largest absolute Gasteiger partial charge is 0.490 e. The van der Waals surface area contributed by atoms with E-state index in [9.17, 15) is 28.2 Å². The fourth-order valence-electron chi connectivity index (χ4n) is 5.51. The van der Waals surface area contributed by atoms with Crippen LogP contribution in [0, 0.1) is 5.92 Å². The molecule has 4 rings (SSSR count). The second-order valence-corrected chi connectivity index (χ2v) is 15.1. The van der Waals surface area contributed by atoms with E-state index in [1.165, 1.54) is 12.1 Å². The zero-order valence-electron chi connectivity index (χ0n) is 27.3. The minimum Gasteiger partial charge on any atom is -0.490 e. The summed E-state index contributed by atoms with van der Waals surface area (Å²) in [6, 6.07) is 14.1. The summed E-state index contributed by atoms with van der Waals surface area (Å²) in [5, 5.41) is 21.1. The summed E-state index contributed by atoms with van der Waals surface area (Å²) in [5.74, 6) is -1.15. The Morgan fingerprint density at radius 2 is 1.89 bits per heavy atom. The predicted molar refractivity (Wildman–Crippen MR) is 182 cm³/mol. The highest BCUT2D eigenvalue weighted by Crippen LogP contribution is 2.30. The van der Waals surface area contributed by atoms with Gasteiger partial charge < -0.3 is 24.6 Å². The quantitative estimate of drug-likeness (QED) is 0.263. The molecule has 0 saturated heterocycles. The number of sulfonamides is 1. The number of likely N-dealkylation sites (N-methyl/N-ethyl adjacent to an activating group) is 1. The van der Waals surface area contributed by atoms with Crippen LogP contribution in [-0.2, 0) is 21.3 Å². The number of carboxylic acid groups (broad SMARTS) is 1. The van der Waals surface area contributed by atoms with Crippen molar-refractivity contribution in [2.24, 2.45) is 5.92 Å². The molecule has 0 radical (unpaired) electrons. The van der Waals surface area contributed by atoms with Gasteiger partial charge in [0.15, 0.2) is 0 Å². The molecule has 3 N–H and O–H groups in total. The predicted octanol–water partition coefficient (Wildman–Crippen LogP) is 5.17. The topological polar surface area (TPSA) is 146 Å². The standard InChI is InChI=1S/C34H45N3O8S2/c1-23-19-37(24(2)22-38)33(39)29-18-28(35-47(42,43)32-9-7-17-46-32)14-15-30(29)45-25(3)8-5-6-16-44-31(23)21-36(4)20-26-10-12-27(13-11-26)34(40)41/h7,9-15,17-18,23-25,31,35,38H,5-6,8,16,19-22H2,1-4H3,(H,40,41)/t23-,24-,25-,31-/m1/s1. The number of nitrogens with zero attached hydrogens (tertiary/aromatic N) is 2. The van der Waals surface area contributed by atoms with Crippen molar-refractivity contribution in [2.75, 3.05) is 38.1 Å². The van der Waals surface area contributed by atoms with Crippen molar-refractivity contribution in [3.05, 3.63) is 76.7 Å². The summed E-state index contributed by atoms with van der Waals surface area (Å²) in [6.07, 6.45) is 1.94. The maximum atomic E-state index is 14.3. The minimum absolute atomic E-state index is 0.142. The minimum atomic E-state index is -3.85. The Labute approximate surface area is 281 Å². The molecule has 0 fully saturated rings. The van der Waals surface area contributed by atoms with Crippen LogP contribution in [0.15, 0.2) is 64.2 Å². The first-order valence-electron chi connectivity index (χ1n) is 15.8. The molecule has 47 heavy (non-hydrogen) atoms. The molecule has 0 unspecified atom stereocenters. The second kappa shape index (κ2) is 16.6. The molecular formula is C34H45N3O8S2. The molecule has 1 amide bonds. The number of aliphatic hydroxyl groups excluding tert-OH is 1. The van der Waals surface area contributed by atoms with E-state index in [0.29, 0.717) is 25.4 Å². The zero-order chi connectivity index (χ0) is 34.1. The summed E-state index contributed by atoms with van der Waals surface area (Å²) in [5.41, 5.74) is 1.63. The summed E-state index contributed by atoms with van der Waals surface area (Å²) < 4.78 is 41.4. The number of ether oxygens (including phenoxy) is 2. The van der Waals surface area contributed by atoms with Crippen LogP contribution in [0.25, 0.3) is 0 Å². The number of aromatic carboxylic acids is 1. The van der Waals surface area contributed by atoms with Crippen LogP contribution in [0.4, 0.5) is 5.69 Å². The molecule has 2 heterocycles. The number of rotatable bonds is 10. The number of aliphatic hydroxyl groups is 1. The van der Waals surface area contributed by atoms with Crippen molar-refractivity contribution >= 4 is 38.9 Å². The molecule has 1 aromatic heterocycles. The molecule has 3 aromatic rings. The van der Waals surface area contributed by atoms with Gasteiger partial charge in [-0.15, -0.1) is 11.3 Å². The Bertz CT molecular complexity index is 1580. The van der Waals surface area contributed by atoms with Crippen molar-refractivity contribution in [1.82, 2.24) is 9.80 Å². The summed E-state index contributed by atoms with van der Waals surface area (Å²) >= 11 is 1.10. The lowest BCUT2D eigenvalue weighted by atomic mass is 10.0. The number of carbonyl (C=O) groups excluding carboxylic acids is 1. The van der Waals surface area contributed by atoms with Gasteiger partial charge in [-0.1, -0.05) is 25.1 Å². The van der Waals surface area contributed by atoms with Gasteiger partial charge in [0.2, 0.25) is 0 Å². The number of carboxylic acids is 1. The van der Waals surface area contributed by atoms with Crippen LogP contribution < -0.4 is 9.46 Å². The zero-order valence-corrected chi connectivity index (χ0v) is 28.9. The number of anilines is 1. The maximum Gasteiger partial charge on any atom is 0.335 e. The van der Waals surface area contributed by atoms with Crippen LogP contribution in [0.2, 0.25) is 0 Å². The van der Waals surface area contributed by atoms with Gasteiger partial charge in [-0.3, -0.25) is 14.4 Å². The highest BCUT2D eigenvalue weighted by molar-refractivity contribution is 7.94. The summed E-state index contributed by atoms with van der Waals surface area (Å²) in [6.45, 7) is 7.39. The Hall–Kier alpha value is -3.49. The fourth-order valence-corrected chi connectivity index (χ4v) is 7.55. The van der Waals surface area contributed by atoms with Crippen molar-refractivity contribution in [3.8, 4) is 5.75 Å². The molecule has 256 valence electrons. The monoisotopic (exact) mass is 687 g/mol. The number of carbonyl (C=O) groups is 2. The number of thiophene rings is 1. The number of amides is 1. The Morgan fingerprint density at radius 3 is 2.55 bits per heavy atom. The van der Waals surface area contributed by atoms with Crippen molar-refractivity contribution in [1.29, 1.82) is 0 Å². The van der Waals surface area contributed by atoms with E-state index in [4.69, 9.17) is 9.47 Å². The molecule has 11 nitrogen and oxygen atoms in total. The molecule has 2 aromatic carbocycles. The van der Waals surface area contributed by atoms with E-state index in [2.05, 4.69) is 9.62 Å². The van der Waals surface area contributed by atoms with Gasteiger partial charge in [-0.25, -0.2) is 13.2 Å². The van der Waals surface area contributed by atoms with Gasteiger partial charge in [0.25, 0.3) is 15.9 Å². The molecule has 4 atom stereocenters. The number of fused-ring (bicyclic) bond motifs is 1. The summed E-state index contributed by atoms with van der Waals surface area (Å²) in [7, 11) is -1.88. The maximum absolute atomic E-state index is 14.3. The van der Waals surface area contributed by atoms with Gasteiger partial charge in [0.1, 0.15) is 9.96 Å². The normalized spacial score (nSPS) is 20.6. The third-order valence-corrected chi connectivity index (χ3v) is 11.0. The van der Waals surface area contributed by atoms with Gasteiger partial charge >= 0.3 is 5.97 Å². The van der Waals surface area contributed by atoms with E-state index in [0.717, 1.165) is 36.2 Å². The highest BCUT2D eigenvalue weighted by atomic mass is 32.2. The molecule has 0 saturated carbocycles. The smallest absolute Gasteiger partial charge is 0.335 e. The van der Waals surface area contributed by atoms with E-state index in [1.54, 1.807) is 59.7 Å². The molecule has 0 spiro atoms. The third kappa shape index (κ3) is 10.0. The first-order valence-corrected chi connectivity index (χ1v) is 18.2. The first-order chi connectivity index (χ1) is 22.4. The van der Waals surface area contributed by atoms with E-state index >= 15 is 0 Å². The Kier molecular flexibility index (Phi) is 12.8. The van der Waals surface area contributed by atoms with Crippen LogP contribution in [0.3, 0.4) is 0 Å². The second-order valence-electron chi connectivity index (χ2n) is 12.2. The van der Waals surface area contributed by atoms with Gasteiger partial charge in [-0.2, -0.15) is 0 Å². The van der Waals surface area contributed by atoms with Gasteiger partial charge in [-0.05, 0) is 87.5 Å². The fraction of sp³-hybridized carbons (Fsp3) is 0.471. The molecule has 1 aliphatic heterocycles. The number of benzene rings is 2. The highest BCUT2D eigenvalue weighted by Gasteiger charge is 2.31. The average molecular weight is 688 g/mol. The average Bonchev–Trinajstić information content (AvgIpc) is 3.59. The van der Waals surface area contributed by atoms with E-state index < -0.39 is 22.0 Å². The lowest BCUT2D eigenvalue weighted by Gasteiger charge is -2.36. The van der Waals surface area contributed by atoms with Gasteiger partial charge in [0.05, 0.1) is 36.0 Å². The van der Waals surface area contributed by atoms with Crippen LogP contribution in [-0.4, -0.2) is 91.9 Å².